The van der Waals surface area contributed by atoms with Crippen molar-refractivity contribution >= 4 is 56.0 Å². The van der Waals surface area contributed by atoms with Crippen LogP contribution in [0.1, 0.15) is 32.2 Å². The zero-order valence-corrected chi connectivity index (χ0v) is 25.0. The van der Waals surface area contributed by atoms with Crippen LogP contribution in [0.3, 0.4) is 0 Å². The van der Waals surface area contributed by atoms with Gasteiger partial charge in [-0.1, -0.05) is 58.9 Å². The number of hydrogen-bond donors (Lipinski definition) is 2. The van der Waals surface area contributed by atoms with Gasteiger partial charge in [-0.15, -0.1) is 21.5 Å². The van der Waals surface area contributed by atoms with E-state index in [4.69, 9.17) is 4.74 Å². The number of halogens is 1. The maximum Gasteiger partial charge on any atom is 0.261 e. The highest BCUT2D eigenvalue weighted by atomic mass is 79.9. The number of anilines is 1. The highest BCUT2D eigenvalue weighted by Gasteiger charge is 2.18. The molecule has 0 spiro atoms. The predicted molar refractivity (Wildman–Crippen MR) is 158 cm³/mol. The second-order valence-electron chi connectivity index (χ2n) is 8.50. The number of nitrogens with zero attached hydrogens (tertiary/aromatic N) is 4. The lowest BCUT2D eigenvalue weighted by molar-refractivity contribution is -0.127. The van der Waals surface area contributed by atoms with Crippen LogP contribution in [0.2, 0.25) is 0 Å². The van der Waals surface area contributed by atoms with E-state index in [-0.39, 0.29) is 24.1 Å². The molecule has 12 heteroatoms. The standard InChI is InChI=1S/C27H29BrN6O3S2/c1-4-18-6-12-21(13-7-18)37-17(3)25(36)29-14-23-32-33-27(34(23)5-2)39-16-24(35)31-26-30-22(15-38-26)19-8-10-20(28)11-9-19/h6-13,15,17H,4-5,14,16H2,1-3H3,(H,29,36)(H,30,31,35)/t17-/m1/s1. The maximum absolute atomic E-state index is 12.6. The highest BCUT2D eigenvalue weighted by Crippen LogP contribution is 2.26. The Labute approximate surface area is 243 Å². The normalized spacial score (nSPS) is 11.7. The molecule has 2 heterocycles. The van der Waals surface area contributed by atoms with Crippen molar-refractivity contribution in [3.63, 3.8) is 0 Å². The van der Waals surface area contributed by atoms with E-state index in [1.165, 1.54) is 28.7 Å². The van der Waals surface area contributed by atoms with Gasteiger partial charge in [-0.2, -0.15) is 0 Å². The Morgan fingerprint density at radius 1 is 1.10 bits per heavy atom. The molecule has 2 N–H and O–H groups in total. The quantitative estimate of drug-likeness (QED) is 0.198. The molecule has 2 amide bonds. The van der Waals surface area contributed by atoms with Crippen LogP contribution >= 0.6 is 39.0 Å². The number of rotatable bonds is 12. The molecule has 0 saturated heterocycles. The van der Waals surface area contributed by atoms with Gasteiger partial charge in [-0.05, 0) is 50.1 Å². The largest absolute Gasteiger partial charge is 0.481 e. The van der Waals surface area contributed by atoms with Gasteiger partial charge in [0.2, 0.25) is 5.91 Å². The number of thiazole rings is 1. The lowest BCUT2D eigenvalue weighted by atomic mass is 10.2. The number of nitrogens with one attached hydrogen (secondary N) is 2. The van der Waals surface area contributed by atoms with Gasteiger partial charge in [0.25, 0.3) is 5.91 Å². The van der Waals surface area contributed by atoms with E-state index in [0.717, 1.165) is 22.2 Å². The van der Waals surface area contributed by atoms with Gasteiger partial charge in [0.05, 0.1) is 18.0 Å². The molecule has 0 bridgehead atoms. The molecule has 0 aliphatic heterocycles. The first-order valence-corrected chi connectivity index (χ1v) is 15.1. The Kier molecular flexibility index (Phi) is 10.1. The average molecular weight is 630 g/mol. The monoisotopic (exact) mass is 628 g/mol. The number of hydrogen-bond acceptors (Lipinski definition) is 8. The number of ether oxygens (including phenoxy) is 1. The Balaban J connectivity index is 1.26. The number of carbonyl (C=O) groups is 2. The van der Waals surface area contributed by atoms with E-state index in [2.05, 4.69) is 48.7 Å². The van der Waals surface area contributed by atoms with E-state index < -0.39 is 6.10 Å². The third kappa shape index (κ3) is 7.90. The van der Waals surface area contributed by atoms with Crippen molar-refractivity contribution in [3.8, 4) is 17.0 Å². The van der Waals surface area contributed by atoms with Gasteiger partial charge in [0, 0.05) is 22.0 Å². The number of amides is 2. The summed E-state index contributed by atoms with van der Waals surface area (Å²) in [5.41, 5.74) is 2.99. The van der Waals surface area contributed by atoms with E-state index in [1.807, 2.05) is 65.4 Å². The minimum atomic E-state index is -0.664. The lowest BCUT2D eigenvalue weighted by Crippen LogP contribution is -2.36. The Bertz CT molecular complexity index is 1410. The van der Waals surface area contributed by atoms with Crippen LogP contribution in [-0.2, 0) is 29.1 Å². The Hall–Kier alpha value is -3.22. The van der Waals surface area contributed by atoms with Crippen molar-refractivity contribution in [2.24, 2.45) is 0 Å². The third-order valence-electron chi connectivity index (χ3n) is 5.77. The van der Waals surface area contributed by atoms with Crippen LogP contribution in [0.25, 0.3) is 11.3 Å². The predicted octanol–water partition coefficient (Wildman–Crippen LogP) is 5.56. The molecule has 0 aliphatic rings. The van der Waals surface area contributed by atoms with E-state index in [0.29, 0.717) is 28.4 Å². The summed E-state index contributed by atoms with van der Waals surface area (Å²) in [6, 6.07) is 15.6. The van der Waals surface area contributed by atoms with Gasteiger partial charge in [-0.3, -0.25) is 9.59 Å². The van der Waals surface area contributed by atoms with Crippen LogP contribution in [-0.4, -0.2) is 43.4 Å². The zero-order valence-electron chi connectivity index (χ0n) is 21.8. The van der Waals surface area contributed by atoms with Crippen molar-refractivity contribution in [3.05, 3.63) is 69.8 Å². The van der Waals surface area contributed by atoms with Gasteiger partial charge < -0.3 is 19.9 Å². The fraction of sp³-hybridized carbons (Fsp3) is 0.296. The van der Waals surface area contributed by atoms with Gasteiger partial charge in [0.1, 0.15) is 5.75 Å². The molecule has 9 nitrogen and oxygen atoms in total. The van der Waals surface area contributed by atoms with Crippen molar-refractivity contribution < 1.29 is 14.3 Å². The fourth-order valence-corrected chi connectivity index (χ4v) is 5.44. The summed E-state index contributed by atoms with van der Waals surface area (Å²) in [7, 11) is 0. The molecule has 204 valence electrons. The van der Waals surface area contributed by atoms with Crippen molar-refractivity contribution in [1.29, 1.82) is 0 Å². The average Bonchev–Trinajstić information content (AvgIpc) is 3.57. The fourth-order valence-electron chi connectivity index (χ4n) is 3.62. The van der Waals surface area contributed by atoms with E-state index in [9.17, 15) is 9.59 Å². The minimum absolute atomic E-state index is 0.152. The smallest absolute Gasteiger partial charge is 0.261 e. The number of aromatic nitrogens is 4. The summed E-state index contributed by atoms with van der Waals surface area (Å²) < 4.78 is 8.63. The molecule has 1 atom stereocenters. The summed E-state index contributed by atoms with van der Waals surface area (Å²) in [6.45, 7) is 6.55. The molecule has 2 aromatic heterocycles. The van der Waals surface area contributed by atoms with Gasteiger partial charge in [-0.25, -0.2) is 4.98 Å². The molecule has 4 aromatic rings. The first-order valence-electron chi connectivity index (χ1n) is 12.5. The van der Waals surface area contributed by atoms with Crippen LogP contribution in [0, 0.1) is 0 Å². The number of aryl methyl sites for hydroxylation is 1. The Morgan fingerprint density at radius 3 is 2.54 bits per heavy atom. The molecule has 0 saturated carbocycles. The molecular formula is C27H29BrN6O3S2. The van der Waals surface area contributed by atoms with Crippen LogP contribution in [0.4, 0.5) is 5.13 Å². The second-order valence-corrected chi connectivity index (χ2v) is 11.2. The molecule has 0 aliphatic carbocycles. The Morgan fingerprint density at radius 2 is 1.85 bits per heavy atom. The molecule has 39 heavy (non-hydrogen) atoms. The van der Waals surface area contributed by atoms with Crippen molar-refractivity contribution in [1.82, 2.24) is 25.1 Å². The van der Waals surface area contributed by atoms with Gasteiger partial charge >= 0.3 is 0 Å². The molecule has 0 fully saturated rings. The molecule has 4 rings (SSSR count). The first kappa shape index (κ1) is 28.8. The first-order chi connectivity index (χ1) is 18.9. The summed E-state index contributed by atoms with van der Waals surface area (Å²) in [6.07, 6.45) is 0.280. The summed E-state index contributed by atoms with van der Waals surface area (Å²) in [5, 5.41) is 17.2. The van der Waals surface area contributed by atoms with Crippen LogP contribution in [0.15, 0.2) is 63.5 Å². The van der Waals surface area contributed by atoms with Crippen molar-refractivity contribution in [2.75, 3.05) is 11.1 Å². The topological polar surface area (TPSA) is 111 Å². The molecular weight excluding hydrogens is 600 g/mol. The summed E-state index contributed by atoms with van der Waals surface area (Å²) in [5.74, 6) is 0.965. The summed E-state index contributed by atoms with van der Waals surface area (Å²) in [4.78, 5) is 29.7. The SMILES string of the molecule is CCc1ccc(O[C@H](C)C(=O)NCc2nnc(SCC(=O)Nc3nc(-c4ccc(Br)cc4)cs3)n2CC)cc1. The minimum Gasteiger partial charge on any atom is -0.481 e. The lowest BCUT2D eigenvalue weighted by Gasteiger charge is -2.15. The van der Waals surface area contributed by atoms with Gasteiger partial charge in [0.15, 0.2) is 22.2 Å². The maximum atomic E-state index is 12.6. The number of thioether (sulfide) groups is 1. The number of benzene rings is 2. The molecule has 0 radical (unpaired) electrons. The van der Waals surface area contributed by atoms with Crippen LogP contribution in [0.5, 0.6) is 5.75 Å². The molecule has 2 aromatic carbocycles. The highest BCUT2D eigenvalue weighted by molar-refractivity contribution is 9.10. The zero-order chi connectivity index (χ0) is 27.8. The van der Waals surface area contributed by atoms with Crippen LogP contribution < -0.4 is 15.4 Å². The third-order valence-corrected chi connectivity index (χ3v) is 8.02. The molecule has 0 unspecified atom stereocenters. The van der Waals surface area contributed by atoms with E-state index >= 15 is 0 Å². The number of carbonyl (C=O) groups excluding carboxylic acids is 2. The second kappa shape index (κ2) is 13.7. The van der Waals surface area contributed by atoms with Crippen molar-refractivity contribution in [2.45, 2.75) is 51.5 Å². The summed E-state index contributed by atoms with van der Waals surface area (Å²) >= 11 is 6.08. The van der Waals surface area contributed by atoms with E-state index in [1.54, 1.807) is 6.92 Å².